The van der Waals surface area contributed by atoms with Crippen LogP contribution in [-0.2, 0) is 0 Å². The van der Waals surface area contributed by atoms with Crippen molar-refractivity contribution in [2.45, 2.75) is 23.6 Å². The van der Waals surface area contributed by atoms with E-state index in [1.165, 1.54) is 0 Å². The zero-order chi connectivity index (χ0) is 7.90. The summed E-state index contributed by atoms with van der Waals surface area (Å²) in [6.45, 7) is 0. The highest BCUT2D eigenvalue weighted by atomic mass is 35.5. The Hall–Kier alpha value is 0.0600. The first kappa shape index (κ1) is 7.70. The molecule has 2 atom stereocenters. The van der Waals surface area contributed by atoms with Crippen molar-refractivity contribution in [2.24, 2.45) is 5.41 Å². The van der Waals surface area contributed by atoms with E-state index < -0.39 is 0 Å². The molecule has 0 radical (unpaired) electrons. The molecule has 0 aromatic rings. The highest BCUT2D eigenvalue weighted by molar-refractivity contribution is 6.26. The lowest BCUT2D eigenvalue weighted by molar-refractivity contribution is 0.350. The van der Waals surface area contributed by atoms with Crippen molar-refractivity contribution in [3.63, 3.8) is 0 Å². The molecule has 2 aliphatic rings. The van der Waals surface area contributed by atoms with Gasteiger partial charge in [0, 0.05) is 5.41 Å². The van der Waals surface area contributed by atoms with Gasteiger partial charge in [0.05, 0.1) is 10.8 Å². The van der Waals surface area contributed by atoms with Gasteiger partial charge in [-0.3, -0.25) is 0 Å². The van der Waals surface area contributed by atoms with Crippen molar-refractivity contribution in [3.05, 3.63) is 24.3 Å². The van der Waals surface area contributed by atoms with E-state index >= 15 is 0 Å². The summed E-state index contributed by atoms with van der Waals surface area (Å²) >= 11 is 12.3. The molecule has 0 saturated heterocycles. The maximum atomic E-state index is 6.16. The van der Waals surface area contributed by atoms with Crippen molar-refractivity contribution >= 4 is 23.2 Å². The number of allylic oxidation sites excluding steroid dienone is 4. The van der Waals surface area contributed by atoms with E-state index in [2.05, 4.69) is 24.3 Å². The lowest BCUT2D eigenvalue weighted by Gasteiger charge is -2.30. The fourth-order valence-electron chi connectivity index (χ4n) is 1.88. The smallest absolute Gasteiger partial charge is 0.0595 e. The SMILES string of the molecule is ClC1C=CCC12CC=CC2Cl. The summed E-state index contributed by atoms with van der Waals surface area (Å²) in [5.74, 6) is 0. The predicted molar refractivity (Wildman–Crippen MR) is 49.2 cm³/mol. The molecule has 0 saturated carbocycles. The van der Waals surface area contributed by atoms with Gasteiger partial charge in [0.15, 0.2) is 0 Å². The van der Waals surface area contributed by atoms with Crippen molar-refractivity contribution < 1.29 is 0 Å². The van der Waals surface area contributed by atoms with Crippen LogP contribution in [0.15, 0.2) is 24.3 Å². The first-order valence-corrected chi connectivity index (χ1v) is 4.74. The molecule has 0 bridgehead atoms. The van der Waals surface area contributed by atoms with Gasteiger partial charge in [0.2, 0.25) is 0 Å². The first-order valence-electron chi connectivity index (χ1n) is 3.87. The summed E-state index contributed by atoms with van der Waals surface area (Å²) in [5, 5.41) is 0.250. The van der Waals surface area contributed by atoms with Gasteiger partial charge in [0.25, 0.3) is 0 Å². The summed E-state index contributed by atoms with van der Waals surface area (Å²) in [6.07, 6.45) is 10.5. The number of alkyl halides is 2. The van der Waals surface area contributed by atoms with Gasteiger partial charge in [-0.25, -0.2) is 0 Å². The third-order valence-corrected chi connectivity index (χ3v) is 3.86. The molecule has 0 nitrogen and oxygen atoms in total. The van der Waals surface area contributed by atoms with Gasteiger partial charge in [-0.1, -0.05) is 24.3 Å². The van der Waals surface area contributed by atoms with Gasteiger partial charge >= 0.3 is 0 Å². The summed E-state index contributed by atoms with van der Waals surface area (Å²) in [4.78, 5) is 0. The number of hydrogen-bond donors (Lipinski definition) is 0. The molecule has 11 heavy (non-hydrogen) atoms. The van der Waals surface area contributed by atoms with Crippen LogP contribution in [0.2, 0.25) is 0 Å². The van der Waals surface area contributed by atoms with Crippen LogP contribution < -0.4 is 0 Å². The Labute approximate surface area is 76.9 Å². The molecule has 0 amide bonds. The summed E-state index contributed by atoms with van der Waals surface area (Å²) in [5.41, 5.74) is 0.114. The van der Waals surface area contributed by atoms with Crippen LogP contribution in [0.4, 0.5) is 0 Å². The maximum absolute atomic E-state index is 6.16. The fourth-order valence-corrected chi connectivity index (χ4v) is 2.78. The highest BCUT2D eigenvalue weighted by Gasteiger charge is 2.45. The number of rotatable bonds is 0. The van der Waals surface area contributed by atoms with Crippen molar-refractivity contribution in [1.29, 1.82) is 0 Å². The normalized spacial score (nSPS) is 47.8. The minimum atomic E-state index is 0.114. The maximum Gasteiger partial charge on any atom is 0.0595 e. The first-order chi connectivity index (χ1) is 5.26. The van der Waals surface area contributed by atoms with E-state index in [1.807, 2.05) is 0 Å². The molecule has 0 aliphatic heterocycles. The van der Waals surface area contributed by atoms with Crippen LogP contribution in [0, 0.1) is 5.41 Å². The standard InChI is InChI=1S/C9H10Cl2/c10-7-3-1-5-9(7)6-2-4-8(9)11/h1-4,7-8H,5-6H2. The third kappa shape index (κ3) is 0.962. The second kappa shape index (κ2) is 2.53. The van der Waals surface area contributed by atoms with Crippen LogP contribution in [0.3, 0.4) is 0 Å². The average molecular weight is 189 g/mol. The van der Waals surface area contributed by atoms with Gasteiger partial charge in [0.1, 0.15) is 0 Å². The largest absolute Gasteiger partial charge is 0.118 e. The van der Waals surface area contributed by atoms with E-state index in [0.717, 1.165) is 12.8 Å². The monoisotopic (exact) mass is 188 g/mol. The molecule has 2 unspecified atom stereocenters. The number of halogens is 2. The Morgan fingerprint density at radius 2 is 1.45 bits per heavy atom. The summed E-state index contributed by atoms with van der Waals surface area (Å²) in [7, 11) is 0. The Kier molecular flexibility index (Phi) is 1.77. The fraction of sp³-hybridized carbons (Fsp3) is 0.556. The van der Waals surface area contributed by atoms with E-state index in [4.69, 9.17) is 23.2 Å². The molecule has 1 spiro atoms. The molecule has 0 fully saturated rings. The van der Waals surface area contributed by atoms with E-state index in [9.17, 15) is 0 Å². The van der Waals surface area contributed by atoms with Crippen LogP contribution in [-0.4, -0.2) is 10.8 Å². The Morgan fingerprint density at radius 3 is 1.73 bits per heavy atom. The lowest BCUT2D eigenvalue weighted by Crippen LogP contribution is -2.31. The molecule has 0 heterocycles. The van der Waals surface area contributed by atoms with Crippen LogP contribution in [0.1, 0.15) is 12.8 Å². The van der Waals surface area contributed by atoms with E-state index in [1.54, 1.807) is 0 Å². The minimum Gasteiger partial charge on any atom is -0.118 e. The molecule has 0 aromatic heterocycles. The predicted octanol–water partition coefficient (Wildman–Crippen LogP) is 3.11. The second-order valence-electron chi connectivity index (χ2n) is 3.30. The number of hydrogen-bond acceptors (Lipinski definition) is 0. The Bertz CT molecular complexity index is 194. The molecule has 0 aromatic carbocycles. The molecule has 60 valence electrons. The zero-order valence-electron chi connectivity index (χ0n) is 6.13. The molecular formula is C9H10Cl2. The minimum absolute atomic E-state index is 0.114. The lowest BCUT2D eigenvalue weighted by atomic mass is 9.82. The third-order valence-electron chi connectivity index (χ3n) is 2.70. The van der Waals surface area contributed by atoms with Crippen molar-refractivity contribution in [3.8, 4) is 0 Å². The van der Waals surface area contributed by atoms with Crippen molar-refractivity contribution in [2.75, 3.05) is 0 Å². The van der Waals surface area contributed by atoms with Crippen molar-refractivity contribution in [1.82, 2.24) is 0 Å². The van der Waals surface area contributed by atoms with Gasteiger partial charge in [-0.15, -0.1) is 23.2 Å². The molecule has 0 N–H and O–H groups in total. The van der Waals surface area contributed by atoms with Crippen LogP contribution >= 0.6 is 23.2 Å². The Balaban J connectivity index is 2.24. The highest BCUT2D eigenvalue weighted by Crippen LogP contribution is 2.49. The molecule has 2 rings (SSSR count). The van der Waals surface area contributed by atoms with Gasteiger partial charge in [-0.2, -0.15) is 0 Å². The van der Waals surface area contributed by atoms with Crippen LogP contribution in [0.25, 0.3) is 0 Å². The quantitative estimate of drug-likeness (QED) is 0.405. The molecule has 2 aliphatic carbocycles. The summed E-state index contributed by atoms with van der Waals surface area (Å²) in [6, 6.07) is 0. The summed E-state index contributed by atoms with van der Waals surface area (Å²) < 4.78 is 0. The Morgan fingerprint density at radius 1 is 1.00 bits per heavy atom. The average Bonchev–Trinajstić information content (AvgIpc) is 2.48. The second-order valence-corrected chi connectivity index (χ2v) is 4.24. The van der Waals surface area contributed by atoms with E-state index in [0.29, 0.717) is 0 Å². The van der Waals surface area contributed by atoms with E-state index in [-0.39, 0.29) is 16.2 Å². The van der Waals surface area contributed by atoms with Crippen LogP contribution in [0.5, 0.6) is 0 Å². The zero-order valence-corrected chi connectivity index (χ0v) is 7.65. The van der Waals surface area contributed by atoms with Gasteiger partial charge < -0.3 is 0 Å². The van der Waals surface area contributed by atoms with Gasteiger partial charge in [-0.05, 0) is 12.8 Å². The topological polar surface area (TPSA) is 0 Å². The molecular weight excluding hydrogens is 179 g/mol. The molecule has 2 heteroatoms.